The van der Waals surface area contributed by atoms with E-state index in [-0.39, 0.29) is 11.6 Å². The zero-order chi connectivity index (χ0) is 14.0. The lowest BCUT2D eigenvalue weighted by molar-refractivity contribution is 0.281. The Kier molecular flexibility index (Phi) is 3.82. The number of aliphatic hydroxyl groups excluding tert-OH is 1. The molecule has 0 bridgehead atoms. The Morgan fingerprint density at radius 3 is 2.58 bits per heavy atom. The summed E-state index contributed by atoms with van der Waals surface area (Å²) in [6.45, 7) is 1.83. The lowest BCUT2D eigenvalue weighted by Gasteiger charge is -2.08. The van der Waals surface area contributed by atoms with Gasteiger partial charge in [0, 0.05) is 7.05 Å². The van der Waals surface area contributed by atoms with Gasteiger partial charge in [-0.05, 0) is 24.6 Å². The summed E-state index contributed by atoms with van der Waals surface area (Å²) in [4.78, 5) is 0.257. The van der Waals surface area contributed by atoms with Gasteiger partial charge >= 0.3 is 0 Å². The van der Waals surface area contributed by atoms with Crippen LogP contribution < -0.4 is 10.5 Å². The molecule has 2 aromatic rings. The van der Waals surface area contributed by atoms with E-state index in [1.807, 2.05) is 6.92 Å². The molecule has 0 saturated heterocycles. The lowest BCUT2D eigenvalue weighted by Crippen LogP contribution is -2.11. The maximum Gasteiger partial charge on any atom is 0.228 e. The Morgan fingerprint density at radius 1 is 1.42 bits per heavy atom. The fourth-order valence-electron chi connectivity index (χ4n) is 1.81. The molecular formula is C13H15N3O2S. The van der Waals surface area contributed by atoms with E-state index in [4.69, 9.17) is 27.8 Å². The van der Waals surface area contributed by atoms with Crippen LogP contribution in [0.2, 0.25) is 0 Å². The van der Waals surface area contributed by atoms with Gasteiger partial charge in [0.05, 0.1) is 17.9 Å². The van der Waals surface area contributed by atoms with Gasteiger partial charge in [-0.1, -0.05) is 24.4 Å². The summed E-state index contributed by atoms with van der Waals surface area (Å²) in [5.41, 5.74) is 7.89. The SMILES string of the molecule is Cc1nn(C)c(Oc2ccc(CO)cc2)c1C(N)=S. The van der Waals surface area contributed by atoms with E-state index in [2.05, 4.69) is 5.10 Å². The molecule has 3 N–H and O–H groups in total. The van der Waals surface area contributed by atoms with E-state index in [1.165, 1.54) is 0 Å². The molecule has 5 nitrogen and oxygen atoms in total. The summed E-state index contributed by atoms with van der Waals surface area (Å²) in [5.74, 6) is 1.15. The van der Waals surface area contributed by atoms with Crippen molar-refractivity contribution in [2.24, 2.45) is 12.8 Å². The van der Waals surface area contributed by atoms with Gasteiger partial charge in [-0.15, -0.1) is 0 Å². The highest BCUT2D eigenvalue weighted by molar-refractivity contribution is 7.80. The minimum absolute atomic E-state index is 0.00321. The topological polar surface area (TPSA) is 73.3 Å². The Labute approximate surface area is 116 Å². The van der Waals surface area contributed by atoms with Gasteiger partial charge in [0.15, 0.2) is 0 Å². The van der Waals surface area contributed by atoms with Crippen molar-refractivity contribution in [2.75, 3.05) is 0 Å². The van der Waals surface area contributed by atoms with Crippen LogP contribution >= 0.6 is 12.2 Å². The van der Waals surface area contributed by atoms with E-state index in [1.54, 1.807) is 36.0 Å². The number of thiocarbonyl (C=S) groups is 1. The molecule has 1 aromatic carbocycles. The standard InChI is InChI=1S/C13H15N3O2S/c1-8-11(12(14)19)13(16(2)15-8)18-10-5-3-9(7-17)4-6-10/h3-6,17H,7H2,1-2H3,(H2,14,19). The minimum Gasteiger partial charge on any atom is -0.439 e. The lowest BCUT2D eigenvalue weighted by atomic mass is 10.2. The molecule has 0 aliphatic carbocycles. The fourth-order valence-corrected chi connectivity index (χ4v) is 2.05. The fraction of sp³-hybridized carbons (Fsp3) is 0.231. The third-order valence-corrected chi connectivity index (χ3v) is 2.94. The van der Waals surface area contributed by atoms with Gasteiger partial charge in [0.2, 0.25) is 5.88 Å². The van der Waals surface area contributed by atoms with Crippen molar-refractivity contribution in [3.63, 3.8) is 0 Å². The van der Waals surface area contributed by atoms with Gasteiger partial charge in [-0.25, -0.2) is 4.68 Å². The van der Waals surface area contributed by atoms with Crippen LogP contribution in [0.4, 0.5) is 0 Å². The Bertz CT molecular complexity index is 605. The number of ether oxygens (including phenoxy) is 1. The number of aromatic nitrogens is 2. The molecule has 1 aromatic heterocycles. The number of hydrogen-bond acceptors (Lipinski definition) is 4. The predicted molar refractivity (Wildman–Crippen MR) is 76.3 cm³/mol. The van der Waals surface area contributed by atoms with Gasteiger partial charge in [0.25, 0.3) is 0 Å². The number of nitrogens with two attached hydrogens (primary N) is 1. The molecule has 0 amide bonds. The molecule has 0 aliphatic rings. The summed E-state index contributed by atoms with van der Waals surface area (Å²) in [5, 5.41) is 13.2. The Balaban J connectivity index is 2.34. The molecule has 2 rings (SSSR count). The molecule has 19 heavy (non-hydrogen) atoms. The van der Waals surface area contributed by atoms with E-state index < -0.39 is 0 Å². The molecule has 6 heteroatoms. The Morgan fingerprint density at radius 2 is 2.05 bits per heavy atom. The number of aryl methyl sites for hydroxylation is 2. The molecule has 0 unspecified atom stereocenters. The van der Waals surface area contributed by atoms with Crippen molar-refractivity contribution in [3.05, 3.63) is 41.1 Å². The number of rotatable bonds is 4. The molecule has 100 valence electrons. The van der Waals surface area contributed by atoms with Crippen molar-refractivity contribution in [1.82, 2.24) is 9.78 Å². The summed E-state index contributed by atoms with van der Waals surface area (Å²) in [6.07, 6.45) is 0. The van der Waals surface area contributed by atoms with Crippen LogP contribution in [0.15, 0.2) is 24.3 Å². The van der Waals surface area contributed by atoms with Crippen LogP contribution in [0.25, 0.3) is 0 Å². The van der Waals surface area contributed by atoms with E-state index >= 15 is 0 Å². The summed E-state index contributed by atoms with van der Waals surface area (Å²) in [6, 6.07) is 7.13. The van der Waals surface area contributed by atoms with Crippen LogP contribution in [-0.4, -0.2) is 19.9 Å². The third-order valence-electron chi connectivity index (χ3n) is 2.74. The highest BCUT2D eigenvalue weighted by Crippen LogP contribution is 2.27. The van der Waals surface area contributed by atoms with Crippen molar-refractivity contribution in [1.29, 1.82) is 0 Å². The predicted octanol–water partition coefficient (Wildman–Crippen LogP) is 1.65. The summed E-state index contributed by atoms with van der Waals surface area (Å²) in [7, 11) is 1.77. The highest BCUT2D eigenvalue weighted by atomic mass is 32.1. The van der Waals surface area contributed by atoms with Crippen LogP contribution in [0.3, 0.4) is 0 Å². The molecule has 0 saturated carbocycles. The van der Waals surface area contributed by atoms with Crippen LogP contribution in [-0.2, 0) is 13.7 Å². The maximum atomic E-state index is 8.99. The third kappa shape index (κ3) is 2.74. The highest BCUT2D eigenvalue weighted by Gasteiger charge is 2.17. The van der Waals surface area contributed by atoms with Crippen LogP contribution in [0.5, 0.6) is 11.6 Å². The average Bonchev–Trinajstić information content (AvgIpc) is 2.65. The summed E-state index contributed by atoms with van der Waals surface area (Å²) < 4.78 is 7.37. The summed E-state index contributed by atoms with van der Waals surface area (Å²) >= 11 is 5.02. The smallest absolute Gasteiger partial charge is 0.228 e. The largest absolute Gasteiger partial charge is 0.439 e. The number of nitrogens with zero attached hydrogens (tertiary/aromatic N) is 2. The second-order valence-electron chi connectivity index (χ2n) is 4.16. The second kappa shape index (κ2) is 5.38. The van der Waals surface area contributed by atoms with Crippen LogP contribution in [0, 0.1) is 6.92 Å². The quantitative estimate of drug-likeness (QED) is 0.831. The maximum absolute atomic E-state index is 8.99. The van der Waals surface area contributed by atoms with Crippen molar-refractivity contribution < 1.29 is 9.84 Å². The Hall–Kier alpha value is -1.92. The monoisotopic (exact) mass is 277 g/mol. The van der Waals surface area contributed by atoms with Crippen molar-refractivity contribution >= 4 is 17.2 Å². The molecule has 0 aliphatic heterocycles. The molecule has 1 heterocycles. The molecule has 0 spiro atoms. The first kappa shape index (κ1) is 13.5. The van der Waals surface area contributed by atoms with Gasteiger partial charge in [-0.2, -0.15) is 5.10 Å². The normalized spacial score (nSPS) is 10.5. The average molecular weight is 277 g/mol. The number of benzene rings is 1. The van der Waals surface area contributed by atoms with Gasteiger partial charge in [0.1, 0.15) is 10.7 Å². The molecule has 0 atom stereocenters. The zero-order valence-corrected chi connectivity index (χ0v) is 11.6. The second-order valence-corrected chi connectivity index (χ2v) is 4.60. The molecule has 0 radical (unpaired) electrons. The van der Waals surface area contributed by atoms with Crippen molar-refractivity contribution in [3.8, 4) is 11.6 Å². The first-order chi connectivity index (χ1) is 9.02. The zero-order valence-electron chi connectivity index (χ0n) is 10.8. The molecule has 0 fully saturated rings. The van der Waals surface area contributed by atoms with E-state index in [0.717, 1.165) is 11.3 Å². The number of hydrogen-bond donors (Lipinski definition) is 2. The molecular weight excluding hydrogens is 262 g/mol. The number of aliphatic hydroxyl groups is 1. The van der Waals surface area contributed by atoms with E-state index in [0.29, 0.717) is 17.2 Å². The van der Waals surface area contributed by atoms with Crippen molar-refractivity contribution in [2.45, 2.75) is 13.5 Å². The van der Waals surface area contributed by atoms with Gasteiger partial charge < -0.3 is 15.6 Å². The minimum atomic E-state index is 0.00321. The van der Waals surface area contributed by atoms with E-state index in [9.17, 15) is 0 Å². The first-order valence-electron chi connectivity index (χ1n) is 5.74. The van der Waals surface area contributed by atoms with Crippen LogP contribution in [0.1, 0.15) is 16.8 Å². The first-order valence-corrected chi connectivity index (χ1v) is 6.14. The van der Waals surface area contributed by atoms with Gasteiger partial charge in [-0.3, -0.25) is 0 Å².